The molecule has 0 unspecified atom stereocenters. The summed E-state index contributed by atoms with van der Waals surface area (Å²) in [6, 6.07) is 6.26. The summed E-state index contributed by atoms with van der Waals surface area (Å²) in [5.74, 6) is 0. The first-order valence-corrected chi connectivity index (χ1v) is 6.40. The minimum Gasteiger partial charge on any atom is -0.0837 e. The molecule has 1 aromatic rings. The fourth-order valence-corrected chi connectivity index (χ4v) is 3.08. The van der Waals surface area contributed by atoms with Crippen molar-refractivity contribution in [1.29, 1.82) is 0 Å². The van der Waals surface area contributed by atoms with Gasteiger partial charge in [0.25, 0.3) is 0 Å². The van der Waals surface area contributed by atoms with Gasteiger partial charge < -0.3 is 0 Å². The number of alkyl halides is 3. The van der Waals surface area contributed by atoms with E-state index in [1.165, 1.54) is 16.7 Å². The number of hydrogen-bond acceptors (Lipinski definition) is 0. The monoisotopic (exact) mass is 278 g/mol. The Morgan fingerprint density at radius 1 is 1.06 bits per heavy atom. The van der Waals surface area contributed by atoms with E-state index in [0.29, 0.717) is 6.42 Å². The highest BCUT2D eigenvalue weighted by atomic mass is 35.6. The Hall–Kier alpha value is 0.0900. The van der Waals surface area contributed by atoms with E-state index >= 15 is 0 Å². The molecule has 16 heavy (non-hydrogen) atoms. The molecule has 3 heteroatoms. The van der Waals surface area contributed by atoms with Crippen LogP contribution in [0, 0.1) is 13.8 Å². The predicted octanol–water partition coefficient (Wildman–Crippen LogP) is 5.34. The third-order valence-corrected chi connectivity index (χ3v) is 3.38. The standard InChI is InChI=1S/C13H17Cl3/c1-9-6-5-7-11(10(9)2)12(3,4)8-13(14,15)16/h5-7H,8H2,1-4H3. The number of rotatable bonds is 2. The van der Waals surface area contributed by atoms with Crippen LogP contribution in [0.25, 0.3) is 0 Å². The lowest BCUT2D eigenvalue weighted by atomic mass is 9.79. The Labute approximate surface area is 113 Å². The maximum Gasteiger partial charge on any atom is 0.191 e. The minimum absolute atomic E-state index is 0.138. The second kappa shape index (κ2) is 4.76. The van der Waals surface area contributed by atoms with Gasteiger partial charge in [-0.25, -0.2) is 0 Å². The molecule has 0 aliphatic carbocycles. The fraction of sp³-hybridized carbons (Fsp3) is 0.538. The molecule has 0 aliphatic heterocycles. The van der Waals surface area contributed by atoms with Gasteiger partial charge in [-0.05, 0) is 36.0 Å². The molecule has 1 aromatic carbocycles. The molecule has 90 valence electrons. The van der Waals surface area contributed by atoms with Crippen molar-refractivity contribution in [2.45, 2.75) is 43.3 Å². The Morgan fingerprint density at radius 3 is 2.12 bits per heavy atom. The van der Waals surface area contributed by atoms with Crippen molar-refractivity contribution < 1.29 is 0 Å². The smallest absolute Gasteiger partial charge is 0.0837 e. The van der Waals surface area contributed by atoms with Crippen LogP contribution in [-0.4, -0.2) is 3.79 Å². The van der Waals surface area contributed by atoms with Crippen LogP contribution in [0.1, 0.15) is 37.0 Å². The summed E-state index contributed by atoms with van der Waals surface area (Å²) in [6.07, 6.45) is 0.509. The van der Waals surface area contributed by atoms with E-state index in [4.69, 9.17) is 34.8 Å². The summed E-state index contributed by atoms with van der Waals surface area (Å²) in [5.41, 5.74) is 3.66. The lowest BCUT2D eigenvalue weighted by molar-refractivity contribution is 0.483. The molecule has 0 aromatic heterocycles. The summed E-state index contributed by atoms with van der Waals surface area (Å²) in [7, 11) is 0. The molecule has 0 radical (unpaired) electrons. The van der Waals surface area contributed by atoms with Crippen LogP contribution < -0.4 is 0 Å². The Balaban J connectivity index is 3.12. The van der Waals surface area contributed by atoms with Gasteiger partial charge in [0.15, 0.2) is 3.79 Å². The molecule has 0 bridgehead atoms. The second-order valence-corrected chi connectivity index (χ2v) is 7.44. The van der Waals surface area contributed by atoms with Gasteiger partial charge in [0.1, 0.15) is 0 Å². The Bertz CT molecular complexity index is 375. The zero-order valence-corrected chi connectivity index (χ0v) is 12.3. The van der Waals surface area contributed by atoms with Crippen LogP contribution in [-0.2, 0) is 5.41 Å². The maximum absolute atomic E-state index is 5.89. The number of hydrogen-bond donors (Lipinski definition) is 0. The molecular formula is C13H17Cl3. The number of halogens is 3. The summed E-state index contributed by atoms with van der Waals surface area (Å²) in [4.78, 5) is 0. The predicted molar refractivity (Wildman–Crippen MR) is 73.8 cm³/mol. The van der Waals surface area contributed by atoms with Crippen molar-refractivity contribution >= 4 is 34.8 Å². The highest BCUT2D eigenvalue weighted by Gasteiger charge is 2.33. The van der Waals surface area contributed by atoms with E-state index in [2.05, 4.69) is 45.9 Å². The lowest BCUT2D eigenvalue weighted by Crippen LogP contribution is -2.25. The van der Waals surface area contributed by atoms with Gasteiger partial charge in [-0.2, -0.15) is 0 Å². The molecule has 0 nitrogen and oxygen atoms in total. The Kier molecular flexibility index (Phi) is 4.21. The van der Waals surface area contributed by atoms with Gasteiger partial charge in [0.05, 0.1) is 0 Å². The zero-order valence-electron chi connectivity index (χ0n) is 10.1. The van der Waals surface area contributed by atoms with Gasteiger partial charge in [-0.15, -0.1) is 0 Å². The molecule has 0 N–H and O–H groups in total. The SMILES string of the molecule is Cc1cccc(C(C)(C)CC(Cl)(Cl)Cl)c1C. The third-order valence-electron chi connectivity index (χ3n) is 2.98. The molecule has 0 fully saturated rings. The van der Waals surface area contributed by atoms with Crippen LogP contribution in [0.2, 0.25) is 0 Å². The first-order valence-electron chi connectivity index (χ1n) is 5.27. The molecule has 0 heterocycles. The van der Waals surface area contributed by atoms with Crippen LogP contribution in [0.5, 0.6) is 0 Å². The zero-order chi connectivity index (χ0) is 12.6. The summed E-state index contributed by atoms with van der Waals surface area (Å²) in [6.45, 7) is 8.43. The van der Waals surface area contributed by atoms with Crippen molar-refractivity contribution in [1.82, 2.24) is 0 Å². The van der Waals surface area contributed by atoms with Crippen molar-refractivity contribution in [3.63, 3.8) is 0 Å². The van der Waals surface area contributed by atoms with Crippen molar-refractivity contribution in [3.05, 3.63) is 34.9 Å². The lowest BCUT2D eigenvalue weighted by Gasteiger charge is -2.31. The first-order chi connectivity index (χ1) is 7.13. The molecule has 0 saturated carbocycles. The highest BCUT2D eigenvalue weighted by Crippen LogP contribution is 2.41. The number of aryl methyl sites for hydroxylation is 1. The van der Waals surface area contributed by atoms with Gasteiger partial charge >= 0.3 is 0 Å². The van der Waals surface area contributed by atoms with E-state index in [-0.39, 0.29) is 5.41 Å². The number of benzene rings is 1. The van der Waals surface area contributed by atoms with Crippen LogP contribution >= 0.6 is 34.8 Å². The van der Waals surface area contributed by atoms with Crippen LogP contribution in [0.4, 0.5) is 0 Å². The van der Waals surface area contributed by atoms with E-state index in [9.17, 15) is 0 Å². The van der Waals surface area contributed by atoms with Gasteiger partial charge in [-0.3, -0.25) is 0 Å². The van der Waals surface area contributed by atoms with Crippen molar-refractivity contribution in [3.8, 4) is 0 Å². The van der Waals surface area contributed by atoms with E-state index in [1.807, 2.05) is 0 Å². The van der Waals surface area contributed by atoms with E-state index in [0.717, 1.165) is 0 Å². The fourth-order valence-electron chi connectivity index (χ4n) is 2.08. The second-order valence-electron chi connectivity index (χ2n) is 4.92. The molecule has 0 aliphatic rings. The largest absolute Gasteiger partial charge is 0.191 e. The first kappa shape index (κ1) is 14.2. The van der Waals surface area contributed by atoms with E-state index < -0.39 is 3.79 Å². The van der Waals surface area contributed by atoms with E-state index in [1.54, 1.807) is 0 Å². The van der Waals surface area contributed by atoms with Gasteiger partial charge in [0, 0.05) is 6.42 Å². The van der Waals surface area contributed by atoms with Gasteiger partial charge in [-0.1, -0.05) is 66.8 Å². The van der Waals surface area contributed by atoms with Crippen LogP contribution in [0.3, 0.4) is 0 Å². The summed E-state index contributed by atoms with van der Waals surface area (Å²) < 4.78 is -1.21. The third kappa shape index (κ3) is 3.55. The molecule has 0 atom stereocenters. The topological polar surface area (TPSA) is 0 Å². The molecular weight excluding hydrogens is 263 g/mol. The summed E-state index contributed by atoms with van der Waals surface area (Å²) >= 11 is 17.7. The maximum atomic E-state index is 5.89. The highest BCUT2D eigenvalue weighted by molar-refractivity contribution is 6.67. The normalized spacial score (nSPS) is 12.9. The minimum atomic E-state index is -1.21. The van der Waals surface area contributed by atoms with Crippen molar-refractivity contribution in [2.24, 2.45) is 0 Å². The van der Waals surface area contributed by atoms with Gasteiger partial charge in [0.2, 0.25) is 0 Å². The quantitative estimate of drug-likeness (QED) is 0.641. The molecule has 0 spiro atoms. The molecule has 1 rings (SSSR count). The Morgan fingerprint density at radius 2 is 1.62 bits per heavy atom. The molecule has 0 amide bonds. The van der Waals surface area contributed by atoms with Crippen molar-refractivity contribution in [2.75, 3.05) is 0 Å². The summed E-state index contributed by atoms with van der Waals surface area (Å²) in [5, 5.41) is 0. The molecule has 0 saturated heterocycles. The average molecular weight is 280 g/mol. The van der Waals surface area contributed by atoms with Crippen LogP contribution in [0.15, 0.2) is 18.2 Å². The average Bonchev–Trinajstić information content (AvgIpc) is 2.05.